The van der Waals surface area contributed by atoms with Gasteiger partial charge in [0.1, 0.15) is 11.6 Å². The van der Waals surface area contributed by atoms with E-state index in [4.69, 9.17) is 4.74 Å². The molecule has 0 spiro atoms. The molecule has 6 nitrogen and oxygen atoms in total. The van der Waals surface area contributed by atoms with Gasteiger partial charge >= 0.3 is 0 Å². The molecule has 150 valence electrons. The number of sulfonamides is 1. The number of para-hydroxylation sites is 1. The average Bonchev–Trinajstić information content (AvgIpc) is 3.08. The van der Waals surface area contributed by atoms with Crippen molar-refractivity contribution >= 4 is 21.6 Å². The van der Waals surface area contributed by atoms with E-state index in [0.717, 1.165) is 5.56 Å². The Bertz CT molecular complexity index is 958. The zero-order valence-corrected chi connectivity index (χ0v) is 16.6. The van der Waals surface area contributed by atoms with Gasteiger partial charge in [-0.25, -0.2) is 12.8 Å². The minimum atomic E-state index is -3.54. The van der Waals surface area contributed by atoms with Gasteiger partial charge in [-0.2, -0.15) is 0 Å². The molecule has 0 aliphatic carbocycles. The van der Waals surface area contributed by atoms with Crippen molar-refractivity contribution in [1.82, 2.24) is 5.32 Å². The summed E-state index contributed by atoms with van der Waals surface area (Å²) in [6, 6.07) is 12.7. The van der Waals surface area contributed by atoms with Crippen molar-refractivity contribution in [2.45, 2.75) is 25.9 Å². The summed E-state index contributed by atoms with van der Waals surface area (Å²) in [6.07, 6.45) is 0.681. The number of anilines is 1. The second-order valence-corrected chi connectivity index (χ2v) is 9.10. The third-order valence-electron chi connectivity index (χ3n) is 4.56. The van der Waals surface area contributed by atoms with Gasteiger partial charge in [-0.3, -0.25) is 9.10 Å². The van der Waals surface area contributed by atoms with Crippen LogP contribution < -0.4 is 14.4 Å². The smallest absolute Gasteiger partial charge is 0.263 e. The van der Waals surface area contributed by atoms with Crippen LogP contribution in [0.2, 0.25) is 0 Å². The lowest BCUT2D eigenvalue weighted by Gasteiger charge is -2.26. The SMILES string of the molecule is CC(C)(Oc1ccc(F)cc1)C(=O)NCCS(=O)(=O)N1CCc2ccccc21. The number of benzene rings is 2. The molecule has 0 unspecified atom stereocenters. The van der Waals surface area contributed by atoms with Crippen molar-refractivity contribution in [3.63, 3.8) is 0 Å². The minimum Gasteiger partial charge on any atom is -0.478 e. The molecule has 1 amide bonds. The van der Waals surface area contributed by atoms with Gasteiger partial charge in [-0.15, -0.1) is 0 Å². The summed E-state index contributed by atoms with van der Waals surface area (Å²) in [7, 11) is -3.54. The highest BCUT2D eigenvalue weighted by molar-refractivity contribution is 7.92. The largest absolute Gasteiger partial charge is 0.478 e. The van der Waals surface area contributed by atoms with E-state index < -0.39 is 27.3 Å². The summed E-state index contributed by atoms with van der Waals surface area (Å²) >= 11 is 0. The highest BCUT2D eigenvalue weighted by Crippen LogP contribution is 2.29. The van der Waals surface area contributed by atoms with Gasteiger partial charge < -0.3 is 10.1 Å². The molecule has 0 aromatic heterocycles. The van der Waals surface area contributed by atoms with Gasteiger partial charge in [-0.05, 0) is 56.2 Å². The number of nitrogens with zero attached hydrogens (tertiary/aromatic N) is 1. The van der Waals surface area contributed by atoms with Gasteiger partial charge in [0.05, 0.1) is 11.4 Å². The van der Waals surface area contributed by atoms with Crippen LogP contribution in [-0.2, 0) is 21.2 Å². The van der Waals surface area contributed by atoms with Crippen LogP contribution >= 0.6 is 0 Å². The van der Waals surface area contributed by atoms with E-state index in [9.17, 15) is 17.6 Å². The summed E-state index contributed by atoms with van der Waals surface area (Å²) in [5, 5.41) is 2.61. The highest BCUT2D eigenvalue weighted by Gasteiger charge is 2.32. The molecule has 0 saturated carbocycles. The van der Waals surface area contributed by atoms with Gasteiger partial charge in [-0.1, -0.05) is 18.2 Å². The molecule has 3 rings (SSSR count). The predicted octanol–water partition coefficient (Wildman–Crippen LogP) is 2.49. The number of amides is 1. The van der Waals surface area contributed by atoms with Crippen LogP contribution in [0.25, 0.3) is 0 Å². The van der Waals surface area contributed by atoms with Crippen LogP contribution in [0.1, 0.15) is 19.4 Å². The van der Waals surface area contributed by atoms with Crippen LogP contribution in [0.4, 0.5) is 10.1 Å². The Kier molecular flexibility index (Phi) is 5.60. The summed E-state index contributed by atoms with van der Waals surface area (Å²) in [4.78, 5) is 12.4. The maximum absolute atomic E-state index is 13.0. The van der Waals surface area contributed by atoms with E-state index in [-0.39, 0.29) is 12.3 Å². The van der Waals surface area contributed by atoms with E-state index >= 15 is 0 Å². The first-order valence-electron chi connectivity index (χ1n) is 9.00. The molecule has 2 aromatic carbocycles. The Balaban J connectivity index is 1.56. The van der Waals surface area contributed by atoms with E-state index in [0.29, 0.717) is 24.4 Å². The van der Waals surface area contributed by atoms with E-state index in [2.05, 4.69) is 5.32 Å². The number of hydrogen-bond donors (Lipinski definition) is 1. The third-order valence-corrected chi connectivity index (χ3v) is 6.33. The summed E-state index contributed by atoms with van der Waals surface area (Å²) < 4.78 is 45.3. The number of carbonyl (C=O) groups excluding carboxylic acids is 1. The Morgan fingerprint density at radius 1 is 1.18 bits per heavy atom. The first kappa shape index (κ1) is 20.1. The molecule has 1 N–H and O–H groups in total. The predicted molar refractivity (Wildman–Crippen MR) is 105 cm³/mol. The van der Waals surface area contributed by atoms with Crippen molar-refractivity contribution in [2.75, 3.05) is 23.1 Å². The number of hydrogen-bond acceptors (Lipinski definition) is 4. The molecule has 0 saturated heterocycles. The summed E-state index contributed by atoms with van der Waals surface area (Å²) in [5.41, 5.74) is 0.472. The van der Waals surface area contributed by atoms with Crippen LogP contribution in [0.3, 0.4) is 0 Å². The standard InChI is InChI=1S/C20H23FN2O4S/c1-20(2,27-17-9-7-16(21)8-10-17)19(24)22-12-14-28(25,26)23-13-11-15-5-3-4-6-18(15)23/h3-10H,11-14H2,1-2H3,(H,22,24). The Labute approximate surface area is 164 Å². The number of ether oxygens (including phenoxy) is 1. The van der Waals surface area contributed by atoms with Crippen LogP contribution in [0, 0.1) is 5.82 Å². The molecule has 1 heterocycles. The zero-order chi connectivity index (χ0) is 20.4. The normalized spacial score (nSPS) is 13.9. The maximum atomic E-state index is 13.0. The molecule has 1 aliphatic rings. The first-order valence-corrected chi connectivity index (χ1v) is 10.6. The zero-order valence-electron chi connectivity index (χ0n) is 15.8. The molecule has 0 radical (unpaired) electrons. The summed E-state index contributed by atoms with van der Waals surface area (Å²) in [6.45, 7) is 3.51. The van der Waals surface area contributed by atoms with Gasteiger partial charge in [0, 0.05) is 13.1 Å². The van der Waals surface area contributed by atoms with Crippen molar-refractivity contribution in [2.24, 2.45) is 0 Å². The van der Waals surface area contributed by atoms with Crippen LogP contribution in [0.5, 0.6) is 5.75 Å². The Morgan fingerprint density at radius 3 is 2.57 bits per heavy atom. The topological polar surface area (TPSA) is 75.7 Å². The molecule has 8 heteroatoms. The van der Waals surface area contributed by atoms with E-state index in [1.807, 2.05) is 18.2 Å². The number of nitrogens with one attached hydrogen (secondary N) is 1. The molecule has 0 fully saturated rings. The van der Waals surface area contributed by atoms with Gasteiger partial charge in [0.15, 0.2) is 5.60 Å². The molecular formula is C20H23FN2O4S. The van der Waals surface area contributed by atoms with Crippen molar-refractivity contribution in [1.29, 1.82) is 0 Å². The van der Waals surface area contributed by atoms with E-state index in [1.54, 1.807) is 19.9 Å². The lowest BCUT2D eigenvalue weighted by atomic mass is 10.1. The Hall–Kier alpha value is -2.61. The second-order valence-electron chi connectivity index (χ2n) is 7.09. The summed E-state index contributed by atoms with van der Waals surface area (Å²) in [5.74, 6) is -0.709. The second kappa shape index (κ2) is 7.79. The fraction of sp³-hybridized carbons (Fsp3) is 0.350. The van der Waals surface area contributed by atoms with Crippen molar-refractivity contribution in [3.05, 3.63) is 59.9 Å². The van der Waals surface area contributed by atoms with Crippen LogP contribution in [0.15, 0.2) is 48.5 Å². The fourth-order valence-corrected chi connectivity index (χ4v) is 4.48. The Morgan fingerprint density at radius 2 is 1.86 bits per heavy atom. The minimum absolute atomic E-state index is 0.0317. The molecule has 1 aliphatic heterocycles. The maximum Gasteiger partial charge on any atom is 0.263 e. The van der Waals surface area contributed by atoms with Crippen molar-refractivity contribution in [3.8, 4) is 5.75 Å². The van der Waals surface area contributed by atoms with Gasteiger partial charge in [0.2, 0.25) is 10.0 Å². The third kappa shape index (κ3) is 4.44. The van der Waals surface area contributed by atoms with E-state index in [1.165, 1.54) is 28.6 Å². The first-order chi connectivity index (χ1) is 13.2. The molecule has 0 bridgehead atoms. The highest BCUT2D eigenvalue weighted by atomic mass is 32.2. The molecule has 28 heavy (non-hydrogen) atoms. The lowest BCUT2D eigenvalue weighted by molar-refractivity contribution is -0.134. The monoisotopic (exact) mass is 406 g/mol. The molecule has 2 aromatic rings. The average molecular weight is 406 g/mol. The van der Waals surface area contributed by atoms with Gasteiger partial charge in [0.25, 0.3) is 5.91 Å². The quantitative estimate of drug-likeness (QED) is 0.767. The lowest BCUT2D eigenvalue weighted by Crippen LogP contribution is -2.48. The van der Waals surface area contributed by atoms with Crippen molar-refractivity contribution < 1.29 is 22.3 Å². The number of carbonyl (C=O) groups is 1. The fourth-order valence-electron chi connectivity index (χ4n) is 3.06. The molecular weight excluding hydrogens is 383 g/mol. The molecule has 0 atom stereocenters. The number of rotatable bonds is 7. The van der Waals surface area contributed by atoms with Crippen LogP contribution in [-0.4, -0.2) is 38.8 Å². The number of fused-ring (bicyclic) bond motifs is 1. The number of halogens is 1.